The second-order valence-electron chi connectivity index (χ2n) is 15.4. The number of hydrogen-bond donors (Lipinski definition) is 0. The van der Waals surface area contributed by atoms with E-state index in [4.69, 9.17) is 24.4 Å². The fraction of sp³-hybridized carbons (Fsp3) is 0. The van der Waals surface area contributed by atoms with E-state index >= 15 is 0 Å². The molecule has 0 N–H and O–H groups in total. The van der Waals surface area contributed by atoms with Gasteiger partial charge < -0.3 is 4.42 Å². The van der Waals surface area contributed by atoms with Crippen molar-refractivity contribution in [2.75, 3.05) is 0 Å². The van der Waals surface area contributed by atoms with E-state index in [0.717, 1.165) is 82.4 Å². The highest BCUT2D eigenvalue weighted by Gasteiger charge is 2.18. The van der Waals surface area contributed by atoms with Crippen LogP contribution in [0.25, 0.3) is 122 Å². The van der Waals surface area contributed by atoms with Gasteiger partial charge in [-0.1, -0.05) is 182 Å². The molecule has 0 fully saturated rings. The molecule has 10 aromatic carbocycles. The molecule has 5 nitrogen and oxygen atoms in total. The Kier molecular flexibility index (Phi) is 8.10. The van der Waals surface area contributed by atoms with E-state index in [1.54, 1.807) is 0 Å². The number of nitrogens with zero attached hydrogens (tertiary/aromatic N) is 4. The summed E-state index contributed by atoms with van der Waals surface area (Å²) in [5.41, 5.74) is 9.95. The van der Waals surface area contributed by atoms with Gasteiger partial charge in [0.05, 0.1) is 0 Å². The van der Waals surface area contributed by atoms with Gasteiger partial charge in [-0.3, -0.25) is 0 Å². The molecule has 0 atom stereocenters. The highest BCUT2D eigenvalue weighted by atomic mass is 16.3. The normalized spacial score (nSPS) is 11.6. The monoisotopic (exact) mass is 778 g/mol. The van der Waals surface area contributed by atoms with Crippen molar-refractivity contribution in [1.82, 2.24) is 19.9 Å². The van der Waals surface area contributed by atoms with E-state index in [2.05, 4.69) is 176 Å². The van der Waals surface area contributed by atoms with Crippen molar-refractivity contribution in [2.45, 2.75) is 0 Å². The van der Waals surface area contributed by atoms with Crippen LogP contribution in [0, 0.1) is 0 Å². The van der Waals surface area contributed by atoms with Crippen LogP contribution in [0.15, 0.2) is 211 Å². The molecule has 2 aromatic heterocycles. The third-order valence-electron chi connectivity index (χ3n) is 11.8. The van der Waals surface area contributed by atoms with Gasteiger partial charge >= 0.3 is 0 Å². The molecule has 0 aliphatic carbocycles. The minimum Gasteiger partial charge on any atom is -0.435 e. The Hall–Kier alpha value is -8.28. The molecule has 284 valence electrons. The summed E-state index contributed by atoms with van der Waals surface area (Å²) in [7, 11) is 0. The Bertz CT molecular complexity index is 3620. The van der Waals surface area contributed by atoms with Crippen molar-refractivity contribution < 1.29 is 4.42 Å². The topological polar surface area (TPSA) is 64.7 Å². The van der Waals surface area contributed by atoms with Crippen molar-refractivity contribution in [1.29, 1.82) is 0 Å². The molecule has 0 spiro atoms. The summed E-state index contributed by atoms with van der Waals surface area (Å²) < 4.78 is 6.50. The van der Waals surface area contributed by atoms with Crippen LogP contribution >= 0.6 is 0 Å². The van der Waals surface area contributed by atoms with Gasteiger partial charge in [0.15, 0.2) is 23.1 Å². The predicted molar refractivity (Wildman–Crippen MR) is 250 cm³/mol. The molecule has 0 aliphatic heterocycles. The van der Waals surface area contributed by atoms with Crippen LogP contribution in [0.5, 0.6) is 0 Å². The minimum atomic E-state index is 0.615. The molecule has 0 radical (unpaired) electrons. The zero-order chi connectivity index (χ0) is 40.3. The second kappa shape index (κ2) is 14.2. The van der Waals surface area contributed by atoms with E-state index in [9.17, 15) is 0 Å². The fourth-order valence-corrected chi connectivity index (χ4v) is 8.72. The first-order valence-corrected chi connectivity index (χ1v) is 20.5. The molecule has 5 heteroatoms. The van der Waals surface area contributed by atoms with Crippen LogP contribution in [0.2, 0.25) is 0 Å². The SMILES string of the molecule is c1ccc(-c2nc3c4ccccc4c4cc(-c5ccc(-c6nc(-c7ccc(-c8cccc9ccccc89)cc7)nc(-c7cccc8ccccc78)n6)cc5)ccc4c3o2)cc1. The van der Waals surface area contributed by atoms with Gasteiger partial charge in [-0.25, -0.2) is 19.9 Å². The Morgan fingerprint density at radius 2 is 0.787 bits per heavy atom. The predicted octanol–water partition coefficient (Wildman–Crippen LogP) is 14.6. The largest absolute Gasteiger partial charge is 0.435 e. The number of fused-ring (bicyclic) bond motifs is 8. The third-order valence-corrected chi connectivity index (χ3v) is 11.8. The Morgan fingerprint density at radius 1 is 0.279 bits per heavy atom. The van der Waals surface area contributed by atoms with Gasteiger partial charge in [0, 0.05) is 33.0 Å². The Morgan fingerprint density at radius 3 is 1.48 bits per heavy atom. The van der Waals surface area contributed by atoms with Crippen LogP contribution in [0.1, 0.15) is 0 Å². The number of aromatic nitrogens is 4. The van der Waals surface area contributed by atoms with Crippen LogP contribution < -0.4 is 0 Å². The highest BCUT2D eigenvalue weighted by molar-refractivity contribution is 6.23. The van der Waals surface area contributed by atoms with Crippen LogP contribution in [0.4, 0.5) is 0 Å². The van der Waals surface area contributed by atoms with Crippen molar-refractivity contribution in [3.05, 3.63) is 206 Å². The average Bonchev–Trinajstić information content (AvgIpc) is 3.80. The average molecular weight is 779 g/mol. The molecule has 0 saturated carbocycles. The van der Waals surface area contributed by atoms with Gasteiger partial charge in [-0.15, -0.1) is 0 Å². The Labute approximate surface area is 351 Å². The summed E-state index contributed by atoms with van der Waals surface area (Å²) in [5, 5.41) is 9.04. The van der Waals surface area contributed by atoms with Gasteiger partial charge in [-0.2, -0.15) is 0 Å². The third kappa shape index (κ3) is 6.02. The summed E-state index contributed by atoms with van der Waals surface area (Å²) >= 11 is 0. The quantitative estimate of drug-likeness (QED) is 0.157. The van der Waals surface area contributed by atoms with E-state index < -0.39 is 0 Å². The summed E-state index contributed by atoms with van der Waals surface area (Å²) in [6, 6.07) is 71.8. The number of oxazole rings is 1. The van der Waals surface area contributed by atoms with Gasteiger partial charge in [-0.05, 0) is 78.8 Å². The molecule has 12 aromatic rings. The van der Waals surface area contributed by atoms with Crippen LogP contribution in [0.3, 0.4) is 0 Å². The molecule has 0 unspecified atom stereocenters. The molecule has 0 bridgehead atoms. The molecule has 61 heavy (non-hydrogen) atoms. The van der Waals surface area contributed by atoms with Crippen LogP contribution in [-0.2, 0) is 0 Å². The van der Waals surface area contributed by atoms with Gasteiger partial charge in [0.2, 0.25) is 5.89 Å². The van der Waals surface area contributed by atoms with Crippen molar-refractivity contribution in [2.24, 2.45) is 0 Å². The van der Waals surface area contributed by atoms with E-state index in [0.29, 0.717) is 23.4 Å². The molecule has 2 heterocycles. The number of rotatable bonds is 6. The van der Waals surface area contributed by atoms with Crippen LogP contribution in [-0.4, -0.2) is 19.9 Å². The standard InChI is InChI=1S/C56H34N4O/c1-2-14-41(15-3-1)56-57-51-47-21-9-8-20-46(47)50-34-42(32-33-48(50)52(51)61-56)35-24-28-39(29-25-35)53-58-54(60-55(59-53)49-23-11-17-37-13-5-7-19-45(37)49)40-30-26-38(27-31-40)44-22-10-16-36-12-4-6-18-43(36)44/h1-34H. The Balaban J connectivity index is 0.950. The minimum absolute atomic E-state index is 0.615. The maximum absolute atomic E-state index is 6.50. The molecule has 0 amide bonds. The molecular weight excluding hydrogens is 745 g/mol. The number of hydrogen-bond acceptors (Lipinski definition) is 5. The fourth-order valence-electron chi connectivity index (χ4n) is 8.72. The first kappa shape index (κ1) is 34.7. The van der Waals surface area contributed by atoms with Gasteiger partial charge in [0.1, 0.15) is 5.52 Å². The van der Waals surface area contributed by atoms with E-state index in [-0.39, 0.29) is 0 Å². The zero-order valence-corrected chi connectivity index (χ0v) is 32.8. The van der Waals surface area contributed by atoms with E-state index in [1.165, 1.54) is 16.3 Å². The molecule has 0 aliphatic rings. The number of benzene rings is 10. The molecule has 0 saturated heterocycles. The summed E-state index contributed by atoms with van der Waals surface area (Å²) in [4.78, 5) is 20.4. The van der Waals surface area contributed by atoms with Crippen molar-refractivity contribution in [3.63, 3.8) is 0 Å². The van der Waals surface area contributed by atoms with Crippen molar-refractivity contribution in [3.8, 4) is 67.9 Å². The maximum Gasteiger partial charge on any atom is 0.227 e. The highest BCUT2D eigenvalue weighted by Crippen LogP contribution is 2.40. The lowest BCUT2D eigenvalue weighted by atomic mass is 9.95. The van der Waals surface area contributed by atoms with Gasteiger partial charge in [0.25, 0.3) is 0 Å². The second-order valence-corrected chi connectivity index (χ2v) is 15.4. The smallest absolute Gasteiger partial charge is 0.227 e. The lowest BCUT2D eigenvalue weighted by Crippen LogP contribution is -2.00. The molecular formula is C56H34N4O. The van der Waals surface area contributed by atoms with E-state index in [1.807, 2.05) is 30.3 Å². The first-order valence-electron chi connectivity index (χ1n) is 20.5. The maximum atomic E-state index is 6.50. The lowest BCUT2D eigenvalue weighted by molar-refractivity contribution is 0.623. The summed E-state index contributed by atoms with van der Waals surface area (Å²) in [5.74, 6) is 2.49. The summed E-state index contributed by atoms with van der Waals surface area (Å²) in [6.45, 7) is 0. The van der Waals surface area contributed by atoms with Crippen molar-refractivity contribution >= 4 is 54.2 Å². The summed E-state index contributed by atoms with van der Waals surface area (Å²) in [6.07, 6.45) is 0. The lowest BCUT2D eigenvalue weighted by Gasteiger charge is -2.12. The zero-order valence-electron chi connectivity index (χ0n) is 32.8. The first-order chi connectivity index (χ1) is 30.2. The molecule has 12 rings (SSSR count).